The minimum atomic E-state index is 0. The summed E-state index contributed by atoms with van der Waals surface area (Å²) in [7, 11) is 1.82. The number of rotatable bonds is 9. The molecule has 5 nitrogen and oxygen atoms in total. The Morgan fingerprint density at radius 3 is 2.33 bits per heavy atom. The van der Waals surface area contributed by atoms with Gasteiger partial charge in [-0.05, 0) is 41.0 Å². The summed E-state index contributed by atoms with van der Waals surface area (Å²) in [5.74, 6) is 0.882. The lowest BCUT2D eigenvalue weighted by molar-refractivity contribution is 0.178. The van der Waals surface area contributed by atoms with E-state index in [1.165, 1.54) is 5.01 Å². The molecule has 0 aliphatic carbocycles. The first kappa shape index (κ1) is 23.6. The summed E-state index contributed by atoms with van der Waals surface area (Å²) in [6.45, 7) is 13.9. The first-order valence-corrected chi connectivity index (χ1v) is 9.43. The Bertz CT molecular complexity index is 465. The highest BCUT2D eigenvalue weighted by Crippen LogP contribution is 2.10. The number of thiazole rings is 1. The minimum absolute atomic E-state index is 0. The number of aliphatic imine (C=N–C) groups is 1. The maximum atomic E-state index is 4.49. The lowest BCUT2D eigenvalue weighted by Gasteiger charge is -2.30. The van der Waals surface area contributed by atoms with Gasteiger partial charge in [-0.1, -0.05) is 0 Å². The van der Waals surface area contributed by atoms with Crippen molar-refractivity contribution in [3.05, 3.63) is 16.1 Å². The van der Waals surface area contributed by atoms with Crippen molar-refractivity contribution in [1.29, 1.82) is 0 Å². The number of halogens is 1. The zero-order valence-corrected chi connectivity index (χ0v) is 19.1. The van der Waals surface area contributed by atoms with Crippen molar-refractivity contribution in [3.8, 4) is 0 Å². The van der Waals surface area contributed by atoms with Gasteiger partial charge in [0.15, 0.2) is 5.96 Å². The SMILES string of the molecule is CN=C(NCCCc1nc(C)cs1)NCCN(C(C)C)C(C)C.I. The van der Waals surface area contributed by atoms with E-state index < -0.39 is 0 Å². The molecule has 24 heavy (non-hydrogen) atoms. The fourth-order valence-electron chi connectivity index (χ4n) is 2.60. The van der Waals surface area contributed by atoms with Crippen molar-refractivity contribution in [2.75, 3.05) is 26.7 Å². The third-order valence-electron chi connectivity index (χ3n) is 3.74. The Hall–Kier alpha value is -0.410. The molecule has 2 N–H and O–H groups in total. The molecule has 7 heteroatoms. The lowest BCUT2D eigenvalue weighted by atomic mass is 10.2. The van der Waals surface area contributed by atoms with Crippen molar-refractivity contribution in [1.82, 2.24) is 20.5 Å². The molecule has 0 atom stereocenters. The van der Waals surface area contributed by atoms with Gasteiger partial charge in [0.05, 0.1) is 5.01 Å². The van der Waals surface area contributed by atoms with E-state index in [0.29, 0.717) is 12.1 Å². The van der Waals surface area contributed by atoms with Crippen molar-refractivity contribution in [2.24, 2.45) is 4.99 Å². The summed E-state index contributed by atoms with van der Waals surface area (Å²) in [6.07, 6.45) is 2.09. The second-order valence-electron chi connectivity index (χ2n) is 6.34. The molecule has 0 aliphatic heterocycles. The highest BCUT2D eigenvalue weighted by molar-refractivity contribution is 14.0. The van der Waals surface area contributed by atoms with Crippen LogP contribution in [0.15, 0.2) is 10.4 Å². The van der Waals surface area contributed by atoms with Crippen LogP contribution in [0.25, 0.3) is 0 Å². The van der Waals surface area contributed by atoms with Crippen LogP contribution in [-0.4, -0.2) is 54.6 Å². The molecule has 0 saturated carbocycles. The molecular weight excluding hydrogens is 433 g/mol. The smallest absolute Gasteiger partial charge is 0.191 e. The zero-order chi connectivity index (χ0) is 17.2. The number of nitrogens with zero attached hydrogens (tertiary/aromatic N) is 3. The number of guanidine groups is 1. The minimum Gasteiger partial charge on any atom is -0.356 e. The van der Waals surface area contributed by atoms with Crippen LogP contribution in [0.5, 0.6) is 0 Å². The number of hydrogen-bond donors (Lipinski definition) is 2. The van der Waals surface area contributed by atoms with Gasteiger partial charge < -0.3 is 10.6 Å². The van der Waals surface area contributed by atoms with E-state index >= 15 is 0 Å². The summed E-state index contributed by atoms with van der Waals surface area (Å²) in [6, 6.07) is 1.13. The van der Waals surface area contributed by atoms with Crippen LogP contribution in [0.3, 0.4) is 0 Å². The summed E-state index contributed by atoms with van der Waals surface area (Å²) >= 11 is 1.75. The standard InChI is InChI=1S/C17H33N5S.HI/c1-13(2)22(14(3)4)11-10-20-17(18-6)19-9-7-8-16-21-15(5)12-23-16;/h12-14H,7-11H2,1-6H3,(H2,18,19,20);1H. The number of aromatic nitrogens is 1. The Morgan fingerprint density at radius 1 is 1.21 bits per heavy atom. The highest BCUT2D eigenvalue weighted by atomic mass is 127. The summed E-state index contributed by atoms with van der Waals surface area (Å²) in [5, 5.41) is 10.1. The van der Waals surface area contributed by atoms with Crippen LogP contribution in [-0.2, 0) is 6.42 Å². The molecule has 0 spiro atoms. The zero-order valence-electron chi connectivity index (χ0n) is 15.9. The van der Waals surface area contributed by atoms with E-state index in [0.717, 1.165) is 44.1 Å². The summed E-state index contributed by atoms with van der Waals surface area (Å²) < 4.78 is 0. The molecule has 0 fully saturated rings. The Balaban J connectivity index is 0.00000529. The molecule has 1 rings (SSSR count). The van der Waals surface area contributed by atoms with Gasteiger partial charge in [-0.3, -0.25) is 9.89 Å². The van der Waals surface area contributed by atoms with Gasteiger partial charge in [0.25, 0.3) is 0 Å². The first-order chi connectivity index (χ1) is 10.9. The normalized spacial score (nSPS) is 12.0. The summed E-state index contributed by atoms with van der Waals surface area (Å²) in [4.78, 5) is 11.3. The molecule has 0 saturated heterocycles. The number of aryl methyl sites for hydroxylation is 2. The van der Waals surface area contributed by atoms with E-state index in [9.17, 15) is 0 Å². The van der Waals surface area contributed by atoms with E-state index in [1.54, 1.807) is 11.3 Å². The van der Waals surface area contributed by atoms with Crippen LogP contribution >= 0.6 is 35.3 Å². The second-order valence-corrected chi connectivity index (χ2v) is 7.28. The molecule has 0 aliphatic rings. The second kappa shape index (κ2) is 12.9. The number of nitrogens with one attached hydrogen (secondary N) is 2. The molecule has 1 aromatic heterocycles. The summed E-state index contributed by atoms with van der Waals surface area (Å²) in [5.41, 5.74) is 1.12. The first-order valence-electron chi connectivity index (χ1n) is 8.55. The van der Waals surface area contributed by atoms with Gasteiger partial charge in [-0.2, -0.15) is 0 Å². The van der Waals surface area contributed by atoms with Crippen molar-refractivity contribution >= 4 is 41.3 Å². The molecule has 0 aromatic carbocycles. The van der Waals surface area contributed by atoms with Crippen LogP contribution in [0.4, 0.5) is 0 Å². The topological polar surface area (TPSA) is 52.6 Å². The third-order valence-corrected chi connectivity index (χ3v) is 4.77. The Kier molecular flexibility index (Phi) is 12.7. The predicted octanol–water partition coefficient (Wildman–Crippen LogP) is 3.29. The molecule has 0 unspecified atom stereocenters. The maximum absolute atomic E-state index is 4.49. The van der Waals surface area contributed by atoms with Gasteiger partial charge in [0.1, 0.15) is 0 Å². The Labute approximate surface area is 168 Å². The fraction of sp³-hybridized carbons (Fsp3) is 0.765. The van der Waals surface area contributed by atoms with Crippen LogP contribution in [0, 0.1) is 6.92 Å². The number of hydrogen-bond acceptors (Lipinski definition) is 4. The molecule has 0 amide bonds. The molecule has 1 heterocycles. The predicted molar refractivity (Wildman–Crippen MR) is 117 cm³/mol. The monoisotopic (exact) mass is 467 g/mol. The molecular formula is C17H34IN5S. The van der Waals surface area contributed by atoms with E-state index in [4.69, 9.17) is 0 Å². The van der Waals surface area contributed by atoms with Crippen LogP contribution in [0.2, 0.25) is 0 Å². The van der Waals surface area contributed by atoms with Gasteiger partial charge in [0.2, 0.25) is 0 Å². The largest absolute Gasteiger partial charge is 0.356 e. The van der Waals surface area contributed by atoms with Crippen LogP contribution < -0.4 is 10.6 Å². The molecule has 0 radical (unpaired) electrons. The molecule has 0 bridgehead atoms. The van der Waals surface area contributed by atoms with E-state index in [-0.39, 0.29) is 24.0 Å². The molecule has 140 valence electrons. The average Bonchev–Trinajstić information content (AvgIpc) is 2.90. The van der Waals surface area contributed by atoms with Crippen LogP contribution in [0.1, 0.15) is 44.8 Å². The van der Waals surface area contributed by atoms with Gasteiger partial charge >= 0.3 is 0 Å². The van der Waals surface area contributed by atoms with Crippen molar-refractivity contribution < 1.29 is 0 Å². The van der Waals surface area contributed by atoms with E-state index in [1.807, 2.05) is 14.0 Å². The van der Waals surface area contributed by atoms with Gasteiger partial charge in [0, 0.05) is 56.3 Å². The highest BCUT2D eigenvalue weighted by Gasteiger charge is 2.12. The van der Waals surface area contributed by atoms with Gasteiger partial charge in [-0.25, -0.2) is 4.98 Å². The van der Waals surface area contributed by atoms with Gasteiger partial charge in [-0.15, -0.1) is 35.3 Å². The third kappa shape index (κ3) is 9.17. The Morgan fingerprint density at radius 2 is 1.83 bits per heavy atom. The van der Waals surface area contributed by atoms with E-state index in [2.05, 4.69) is 58.6 Å². The molecule has 1 aromatic rings. The van der Waals surface area contributed by atoms with Crippen molar-refractivity contribution in [2.45, 2.75) is 59.5 Å². The van der Waals surface area contributed by atoms with Crippen molar-refractivity contribution in [3.63, 3.8) is 0 Å². The fourth-order valence-corrected chi connectivity index (χ4v) is 3.42. The quantitative estimate of drug-likeness (QED) is 0.253. The maximum Gasteiger partial charge on any atom is 0.191 e. The lowest BCUT2D eigenvalue weighted by Crippen LogP contribution is -2.45. The average molecular weight is 467 g/mol.